The Morgan fingerprint density at radius 3 is 2.91 bits per heavy atom. The maximum Gasteiger partial charge on any atom is 0.139 e. The Kier molecular flexibility index (Phi) is 2.53. The van der Waals surface area contributed by atoms with Crippen molar-refractivity contribution in [2.24, 2.45) is 0 Å². The van der Waals surface area contributed by atoms with Crippen LogP contribution in [0.15, 0.2) is 0 Å². The molecule has 1 N–H and O–H groups in total. The van der Waals surface area contributed by atoms with Gasteiger partial charge in [-0.1, -0.05) is 12.8 Å². The lowest BCUT2D eigenvalue weighted by Gasteiger charge is -2.16. The molecule has 0 aliphatic carbocycles. The van der Waals surface area contributed by atoms with Crippen LogP contribution in [-0.2, 0) is 0 Å². The van der Waals surface area contributed by atoms with E-state index in [1.807, 2.05) is 0 Å². The smallest absolute Gasteiger partial charge is 0.139 e. The van der Waals surface area contributed by atoms with Gasteiger partial charge in [0.1, 0.15) is 5.60 Å². The molecule has 1 unspecified atom stereocenters. The molecule has 62 valence electrons. The first-order chi connectivity index (χ1) is 5.20. The first kappa shape index (κ1) is 8.58. The van der Waals surface area contributed by atoms with Crippen molar-refractivity contribution in [3.8, 4) is 12.3 Å². The Bertz CT molecular complexity index is 173. The van der Waals surface area contributed by atoms with Gasteiger partial charge in [-0.05, 0) is 13.0 Å². The van der Waals surface area contributed by atoms with E-state index in [9.17, 15) is 5.11 Å². The number of hydrogen-bond donors (Lipinski definition) is 1. The molecule has 0 spiro atoms. The lowest BCUT2D eigenvalue weighted by Crippen LogP contribution is -2.31. The van der Waals surface area contributed by atoms with E-state index in [2.05, 4.69) is 17.7 Å². The van der Waals surface area contributed by atoms with E-state index in [4.69, 9.17) is 6.42 Å². The number of β-amino-alcohol motifs (C(OH)–C–C–N with tert-alkyl or cyclic N) is 1. The molecule has 0 bridgehead atoms. The van der Waals surface area contributed by atoms with Crippen LogP contribution < -0.4 is 0 Å². The molecule has 0 aromatic carbocycles. The third-order valence-electron chi connectivity index (χ3n) is 2.14. The minimum absolute atomic E-state index is 0.650. The summed E-state index contributed by atoms with van der Waals surface area (Å²) in [4.78, 5) is 2.21. The van der Waals surface area contributed by atoms with E-state index in [1.54, 1.807) is 0 Å². The summed E-state index contributed by atoms with van der Waals surface area (Å²) < 4.78 is 0. The Morgan fingerprint density at radius 1 is 1.73 bits per heavy atom. The maximum atomic E-state index is 9.62. The van der Waals surface area contributed by atoms with E-state index >= 15 is 0 Å². The van der Waals surface area contributed by atoms with Gasteiger partial charge in [-0.2, -0.15) is 0 Å². The van der Waals surface area contributed by atoms with Crippen LogP contribution in [0, 0.1) is 12.3 Å². The Balaban J connectivity index is 2.41. The van der Waals surface area contributed by atoms with Crippen molar-refractivity contribution >= 4 is 0 Å². The molecule has 1 aliphatic heterocycles. The summed E-state index contributed by atoms with van der Waals surface area (Å²) in [6.07, 6.45) is 7.05. The second-order valence-corrected chi connectivity index (χ2v) is 3.20. The second-order valence-electron chi connectivity index (χ2n) is 3.20. The molecule has 1 fully saturated rings. The topological polar surface area (TPSA) is 23.5 Å². The van der Waals surface area contributed by atoms with Crippen LogP contribution >= 0.6 is 0 Å². The van der Waals surface area contributed by atoms with Gasteiger partial charge >= 0.3 is 0 Å². The number of nitrogens with zero attached hydrogens (tertiary/aromatic N) is 1. The van der Waals surface area contributed by atoms with Crippen LogP contribution in [0.25, 0.3) is 0 Å². The molecule has 1 saturated heterocycles. The Hall–Kier alpha value is -0.520. The van der Waals surface area contributed by atoms with Gasteiger partial charge in [0.2, 0.25) is 0 Å². The van der Waals surface area contributed by atoms with Gasteiger partial charge in [0.15, 0.2) is 0 Å². The number of likely N-dealkylation sites (tertiary alicyclic amines) is 1. The lowest BCUT2D eigenvalue weighted by molar-refractivity contribution is 0.109. The SMILES string of the molecule is C#CC1(O)CCN(CCC)C1. The predicted octanol–water partition coefficient (Wildman–Crippen LogP) is 0.466. The van der Waals surface area contributed by atoms with Gasteiger partial charge in [-0.25, -0.2) is 0 Å². The zero-order valence-electron chi connectivity index (χ0n) is 7.01. The van der Waals surface area contributed by atoms with Crippen LogP contribution in [0.3, 0.4) is 0 Å². The second kappa shape index (κ2) is 3.25. The zero-order valence-corrected chi connectivity index (χ0v) is 7.01. The number of aliphatic hydroxyl groups is 1. The molecule has 1 atom stereocenters. The standard InChI is InChI=1S/C9H15NO/c1-3-6-10-7-5-9(11,4-2)8-10/h2,11H,3,5-8H2,1H3. The van der Waals surface area contributed by atoms with Gasteiger partial charge in [0, 0.05) is 19.5 Å². The Morgan fingerprint density at radius 2 is 2.45 bits per heavy atom. The van der Waals surface area contributed by atoms with Crippen molar-refractivity contribution in [2.45, 2.75) is 25.4 Å². The fourth-order valence-corrected chi connectivity index (χ4v) is 1.50. The number of hydrogen-bond acceptors (Lipinski definition) is 2. The molecule has 2 nitrogen and oxygen atoms in total. The minimum atomic E-state index is -0.838. The van der Waals surface area contributed by atoms with Crippen molar-refractivity contribution in [1.29, 1.82) is 0 Å². The van der Waals surface area contributed by atoms with Gasteiger partial charge in [-0.3, -0.25) is 4.90 Å². The normalized spacial score (nSPS) is 32.1. The highest BCUT2D eigenvalue weighted by Gasteiger charge is 2.33. The maximum absolute atomic E-state index is 9.62. The zero-order chi connectivity index (χ0) is 8.32. The number of terminal acetylenes is 1. The highest BCUT2D eigenvalue weighted by atomic mass is 16.3. The predicted molar refractivity (Wildman–Crippen MR) is 45.1 cm³/mol. The van der Waals surface area contributed by atoms with E-state index in [1.165, 1.54) is 0 Å². The van der Waals surface area contributed by atoms with Crippen LogP contribution in [0.5, 0.6) is 0 Å². The van der Waals surface area contributed by atoms with Gasteiger partial charge in [-0.15, -0.1) is 6.42 Å². The van der Waals surface area contributed by atoms with E-state index in [0.29, 0.717) is 6.54 Å². The summed E-state index contributed by atoms with van der Waals surface area (Å²) in [7, 11) is 0. The van der Waals surface area contributed by atoms with Gasteiger partial charge < -0.3 is 5.11 Å². The molecule has 11 heavy (non-hydrogen) atoms. The van der Waals surface area contributed by atoms with Crippen molar-refractivity contribution in [1.82, 2.24) is 4.90 Å². The molecule has 0 amide bonds. The van der Waals surface area contributed by atoms with E-state index < -0.39 is 5.60 Å². The molecule has 1 heterocycles. The summed E-state index contributed by atoms with van der Waals surface area (Å²) >= 11 is 0. The highest BCUT2D eigenvalue weighted by Crippen LogP contribution is 2.19. The van der Waals surface area contributed by atoms with Crippen molar-refractivity contribution in [2.75, 3.05) is 19.6 Å². The molecule has 0 aromatic heterocycles. The summed E-state index contributed by atoms with van der Waals surface area (Å²) in [5, 5.41) is 9.62. The first-order valence-electron chi connectivity index (χ1n) is 4.13. The van der Waals surface area contributed by atoms with Crippen molar-refractivity contribution < 1.29 is 5.11 Å². The molecule has 2 heteroatoms. The molecule has 1 aliphatic rings. The molecular weight excluding hydrogens is 138 g/mol. The fraction of sp³-hybridized carbons (Fsp3) is 0.778. The minimum Gasteiger partial charge on any atom is -0.376 e. The molecule has 0 aromatic rings. The summed E-state index contributed by atoms with van der Waals surface area (Å²) in [5.74, 6) is 2.44. The van der Waals surface area contributed by atoms with Crippen LogP contribution in [0.1, 0.15) is 19.8 Å². The third kappa shape index (κ3) is 1.95. The lowest BCUT2D eigenvalue weighted by atomic mass is 10.1. The van der Waals surface area contributed by atoms with Gasteiger partial charge in [0.05, 0.1) is 0 Å². The van der Waals surface area contributed by atoms with Gasteiger partial charge in [0.25, 0.3) is 0 Å². The molecular formula is C9H15NO. The van der Waals surface area contributed by atoms with Crippen LogP contribution in [-0.4, -0.2) is 35.2 Å². The average molecular weight is 153 g/mol. The highest BCUT2D eigenvalue weighted by molar-refractivity contribution is 5.11. The van der Waals surface area contributed by atoms with Crippen molar-refractivity contribution in [3.05, 3.63) is 0 Å². The quantitative estimate of drug-likeness (QED) is 0.583. The molecule has 0 radical (unpaired) electrons. The fourth-order valence-electron chi connectivity index (χ4n) is 1.50. The Labute approximate surface area is 68.2 Å². The first-order valence-corrected chi connectivity index (χ1v) is 4.13. The number of rotatable bonds is 2. The van der Waals surface area contributed by atoms with Crippen molar-refractivity contribution in [3.63, 3.8) is 0 Å². The summed E-state index contributed by atoms with van der Waals surface area (Å²) in [6.45, 7) is 4.77. The average Bonchev–Trinajstić information content (AvgIpc) is 2.35. The van der Waals surface area contributed by atoms with E-state index in [-0.39, 0.29) is 0 Å². The summed E-state index contributed by atoms with van der Waals surface area (Å²) in [6, 6.07) is 0. The summed E-state index contributed by atoms with van der Waals surface area (Å²) in [5.41, 5.74) is -0.838. The molecule has 1 rings (SSSR count). The monoisotopic (exact) mass is 153 g/mol. The van der Waals surface area contributed by atoms with Crippen LogP contribution in [0.2, 0.25) is 0 Å². The van der Waals surface area contributed by atoms with E-state index in [0.717, 1.165) is 25.9 Å². The van der Waals surface area contributed by atoms with Crippen LogP contribution in [0.4, 0.5) is 0 Å². The molecule has 0 saturated carbocycles. The third-order valence-corrected chi connectivity index (χ3v) is 2.14. The largest absolute Gasteiger partial charge is 0.376 e.